The molecule has 0 aromatic heterocycles. The van der Waals surface area contributed by atoms with Gasteiger partial charge in [-0.3, -0.25) is 14.4 Å². The van der Waals surface area contributed by atoms with Gasteiger partial charge >= 0.3 is 11.9 Å². The van der Waals surface area contributed by atoms with Gasteiger partial charge in [0.1, 0.15) is 12.4 Å². The average Bonchev–Trinajstić information content (AvgIpc) is 3.16. The van der Waals surface area contributed by atoms with Gasteiger partial charge in [-0.2, -0.15) is 0 Å². The quantitative estimate of drug-likeness (QED) is 0.0724. The first-order chi connectivity index (χ1) is 24.7. The van der Waals surface area contributed by atoms with Gasteiger partial charge in [-0.1, -0.05) is 87.1 Å². The van der Waals surface area contributed by atoms with Crippen LogP contribution in [0.1, 0.15) is 93.7 Å². The summed E-state index contributed by atoms with van der Waals surface area (Å²) in [4.78, 5) is 59.9. The lowest BCUT2D eigenvalue weighted by Gasteiger charge is -2.17. The highest BCUT2D eigenvalue weighted by atomic mass is 16.9. The molecule has 3 aromatic rings. The molecule has 0 heterocycles. The zero-order valence-corrected chi connectivity index (χ0v) is 29.4. The number of hydrogen-bond acceptors (Lipinski definition) is 11. The summed E-state index contributed by atoms with van der Waals surface area (Å²) in [6, 6.07) is 21.6. The molecule has 1 atom stereocenters. The summed E-state index contributed by atoms with van der Waals surface area (Å²) in [5, 5.41) is 11.2. The van der Waals surface area contributed by atoms with E-state index < -0.39 is 41.9 Å². The summed E-state index contributed by atoms with van der Waals surface area (Å²) in [6.45, 7) is 0.464. The molecule has 2 fully saturated rings. The number of ketones is 1. The molecule has 0 saturated heterocycles. The summed E-state index contributed by atoms with van der Waals surface area (Å²) < 4.78 is 15.3. The van der Waals surface area contributed by atoms with Crippen LogP contribution in [0.25, 0.3) is 10.8 Å². The number of carbonyl (C=O) groups excluding carboxylic acids is 3. The molecule has 12 heteroatoms. The molecule has 51 heavy (non-hydrogen) atoms. The minimum absolute atomic E-state index is 0.0890. The highest BCUT2D eigenvalue weighted by Gasteiger charge is 2.19. The fraction of sp³-hybridized carbons (Fsp3) is 0.487. The number of Topliss-reactive ketones (excluding diaryl/α,β-unsaturated/α-hetero) is 1. The number of fused-ring (bicyclic) bond motifs is 1. The Morgan fingerprint density at radius 2 is 1.37 bits per heavy atom. The lowest BCUT2D eigenvalue weighted by atomic mass is 9.96. The van der Waals surface area contributed by atoms with E-state index in [9.17, 15) is 24.5 Å². The van der Waals surface area contributed by atoms with Crippen LogP contribution in [0.3, 0.4) is 0 Å². The zero-order chi connectivity index (χ0) is 36.4. The van der Waals surface area contributed by atoms with Gasteiger partial charge in [-0.15, -0.1) is 10.1 Å². The van der Waals surface area contributed by atoms with Crippen LogP contribution in [0, 0.1) is 10.1 Å². The number of ether oxygens (including phenoxy) is 3. The predicted molar refractivity (Wildman–Crippen MR) is 191 cm³/mol. The average molecular weight is 702 g/mol. The number of rotatable bonds is 14. The molecule has 0 bridgehead atoms. The Bertz CT molecular complexity index is 1650. The van der Waals surface area contributed by atoms with E-state index in [1.54, 1.807) is 38.3 Å². The van der Waals surface area contributed by atoms with Crippen LogP contribution in [-0.4, -0.2) is 61.2 Å². The standard InChI is InChI=1S/C26H25NO9.C13H22N2/c1-17(20-7-8-22-13-24(33-2)10-9-21(22)12-20)26(30)35-16-23(28)15-34-25(29)11-18-3-5-19(6-4-18)14-36-27(31)32;1-3-7-12(8-4-1)14-11-15-13-9-5-2-6-10-13/h3-10,12-13,17H,11,14-16H2,1-2H3;12-13H,1-10H2/t17-;/m0./s1. The Labute approximate surface area is 298 Å². The first kappa shape index (κ1) is 38.7. The van der Waals surface area contributed by atoms with Crippen molar-refractivity contribution < 1.29 is 38.5 Å². The Morgan fingerprint density at radius 3 is 1.98 bits per heavy atom. The molecule has 5 rings (SSSR count). The molecule has 2 saturated carbocycles. The molecule has 0 radical (unpaired) electrons. The molecule has 3 aromatic carbocycles. The van der Waals surface area contributed by atoms with Gasteiger partial charge in [0, 0.05) is 0 Å². The van der Waals surface area contributed by atoms with Crippen molar-refractivity contribution in [3.63, 3.8) is 0 Å². The molecule has 2 aliphatic rings. The van der Waals surface area contributed by atoms with Crippen molar-refractivity contribution in [2.24, 2.45) is 9.98 Å². The monoisotopic (exact) mass is 701 g/mol. The molecular weight excluding hydrogens is 654 g/mol. The van der Waals surface area contributed by atoms with Crippen LogP contribution in [0.4, 0.5) is 0 Å². The first-order valence-corrected chi connectivity index (χ1v) is 17.6. The van der Waals surface area contributed by atoms with Crippen LogP contribution >= 0.6 is 0 Å². The second-order valence-corrected chi connectivity index (χ2v) is 12.9. The van der Waals surface area contributed by atoms with Gasteiger partial charge < -0.3 is 19.0 Å². The molecule has 0 unspecified atom stereocenters. The highest BCUT2D eigenvalue weighted by molar-refractivity contribution is 5.88. The molecule has 0 aliphatic heterocycles. The Morgan fingerprint density at radius 1 is 0.804 bits per heavy atom. The lowest BCUT2D eigenvalue weighted by Crippen LogP contribution is -2.23. The van der Waals surface area contributed by atoms with Gasteiger partial charge in [0.15, 0.2) is 13.2 Å². The number of nitrogens with zero attached hydrogens (tertiary/aromatic N) is 3. The van der Waals surface area contributed by atoms with E-state index in [1.807, 2.05) is 36.4 Å². The minimum atomic E-state index is -0.887. The van der Waals surface area contributed by atoms with Crippen molar-refractivity contribution in [2.45, 2.75) is 102 Å². The third kappa shape index (κ3) is 13.6. The molecule has 0 spiro atoms. The van der Waals surface area contributed by atoms with E-state index in [0.717, 1.165) is 22.1 Å². The second kappa shape index (κ2) is 20.6. The smallest absolute Gasteiger partial charge is 0.313 e. The van der Waals surface area contributed by atoms with Gasteiger partial charge in [0.05, 0.1) is 37.5 Å². The molecule has 12 nitrogen and oxygen atoms in total. The number of carbonyl (C=O) groups is 3. The predicted octanol–water partition coefficient (Wildman–Crippen LogP) is 7.38. The van der Waals surface area contributed by atoms with E-state index in [0.29, 0.717) is 23.2 Å². The molecule has 272 valence electrons. The summed E-state index contributed by atoms with van der Waals surface area (Å²) in [7, 11) is 1.59. The largest absolute Gasteiger partial charge is 0.497 e. The normalized spacial score (nSPS) is 15.3. The van der Waals surface area contributed by atoms with E-state index >= 15 is 0 Å². The van der Waals surface area contributed by atoms with Crippen LogP contribution in [-0.2, 0) is 41.7 Å². The summed E-state index contributed by atoms with van der Waals surface area (Å²) >= 11 is 0. The third-order valence-corrected chi connectivity index (χ3v) is 9.03. The summed E-state index contributed by atoms with van der Waals surface area (Å²) in [5.74, 6) is -1.61. The van der Waals surface area contributed by atoms with E-state index in [2.05, 4.69) is 20.8 Å². The van der Waals surface area contributed by atoms with Crippen molar-refractivity contribution in [2.75, 3.05) is 20.3 Å². The third-order valence-electron chi connectivity index (χ3n) is 9.03. The molecule has 0 N–H and O–H groups in total. The maximum absolute atomic E-state index is 12.4. The lowest BCUT2D eigenvalue weighted by molar-refractivity contribution is -0.763. The van der Waals surface area contributed by atoms with E-state index in [4.69, 9.17) is 14.2 Å². The SMILES string of the molecule is C(=NC1CCCCC1)=NC1CCCCC1.COc1ccc2cc([C@H](C)C(=O)OCC(=O)COC(=O)Cc3ccc(CO[N+](=O)[O-])cc3)ccc2c1. The Balaban J connectivity index is 0.000000322. The van der Waals surface area contributed by atoms with Crippen molar-refractivity contribution >= 4 is 34.5 Å². The zero-order valence-electron chi connectivity index (χ0n) is 29.4. The minimum Gasteiger partial charge on any atom is -0.497 e. The van der Waals surface area contributed by atoms with Gasteiger partial charge in [0.2, 0.25) is 5.78 Å². The van der Waals surface area contributed by atoms with Crippen LogP contribution in [0.2, 0.25) is 0 Å². The highest BCUT2D eigenvalue weighted by Crippen LogP contribution is 2.26. The van der Waals surface area contributed by atoms with Crippen LogP contribution < -0.4 is 4.74 Å². The van der Waals surface area contributed by atoms with E-state index in [1.165, 1.54) is 64.2 Å². The molecular formula is C39H47N3O9. The second-order valence-electron chi connectivity index (χ2n) is 12.9. The van der Waals surface area contributed by atoms with Crippen LogP contribution in [0.15, 0.2) is 70.6 Å². The van der Waals surface area contributed by atoms with Crippen molar-refractivity contribution in [1.82, 2.24) is 0 Å². The first-order valence-electron chi connectivity index (χ1n) is 17.6. The summed E-state index contributed by atoms with van der Waals surface area (Å²) in [5.41, 5.74) is 1.91. The maximum atomic E-state index is 12.4. The summed E-state index contributed by atoms with van der Waals surface area (Å²) in [6.07, 6.45) is 13.1. The number of esters is 2. The topological polar surface area (TPSA) is 156 Å². The molecule has 2 aliphatic carbocycles. The van der Waals surface area contributed by atoms with Crippen molar-refractivity contribution in [1.29, 1.82) is 0 Å². The molecule has 0 amide bonds. The number of methoxy groups -OCH3 is 1. The van der Waals surface area contributed by atoms with Crippen molar-refractivity contribution in [3.8, 4) is 5.75 Å². The van der Waals surface area contributed by atoms with Crippen LogP contribution in [0.5, 0.6) is 5.75 Å². The Hall–Kier alpha value is -5.09. The number of aliphatic imine (C=N–C) groups is 2. The van der Waals surface area contributed by atoms with Gasteiger partial charge in [0.25, 0.3) is 5.09 Å². The van der Waals surface area contributed by atoms with E-state index in [-0.39, 0.29) is 13.0 Å². The van der Waals surface area contributed by atoms with Gasteiger partial charge in [-0.05, 0) is 72.2 Å². The fourth-order valence-electron chi connectivity index (χ4n) is 5.97. The van der Waals surface area contributed by atoms with Crippen molar-refractivity contribution in [3.05, 3.63) is 87.5 Å². The van der Waals surface area contributed by atoms with Gasteiger partial charge in [-0.25, -0.2) is 9.98 Å². The number of hydrogen-bond donors (Lipinski definition) is 0. The maximum Gasteiger partial charge on any atom is 0.313 e. The number of benzene rings is 3. The Kier molecular flexibility index (Phi) is 15.6. The fourth-order valence-corrected chi connectivity index (χ4v) is 5.97.